The smallest absolute Gasteiger partial charge is 0.325 e. The maximum atomic E-state index is 11.9. The molecule has 0 radical (unpaired) electrons. The first-order valence-electron chi connectivity index (χ1n) is 6.58. The summed E-state index contributed by atoms with van der Waals surface area (Å²) in [6.07, 6.45) is 5.92. The summed E-state index contributed by atoms with van der Waals surface area (Å²) in [6.45, 7) is 1.16. The van der Waals surface area contributed by atoms with Crippen LogP contribution in [0.1, 0.15) is 0 Å². The average molecular weight is 303 g/mol. The molecule has 0 bridgehead atoms. The summed E-state index contributed by atoms with van der Waals surface area (Å²) in [5, 5.41) is 12.8. The number of ether oxygens (including phenoxy) is 1. The van der Waals surface area contributed by atoms with E-state index in [-0.39, 0.29) is 5.88 Å². The van der Waals surface area contributed by atoms with Crippen LogP contribution in [0.3, 0.4) is 0 Å². The van der Waals surface area contributed by atoms with Gasteiger partial charge >= 0.3 is 6.03 Å². The molecule has 0 aliphatic carbocycles. The first-order valence-corrected chi connectivity index (χ1v) is 6.58. The summed E-state index contributed by atoms with van der Waals surface area (Å²) in [6, 6.07) is 1.14. The molecule has 0 aliphatic rings. The predicted octanol–water partition coefficient (Wildman–Crippen LogP) is 0.851. The molecule has 2 N–H and O–H groups in total. The van der Waals surface area contributed by atoms with Crippen molar-refractivity contribution in [1.29, 1.82) is 0 Å². The number of aromatic nitrogens is 4. The molecule has 2 heterocycles. The molecule has 0 atom stereocenters. The normalized spacial score (nSPS) is 10.3. The van der Waals surface area contributed by atoms with Gasteiger partial charge in [-0.05, 0) is 20.2 Å². The number of nitrogens with zero attached hydrogens (tertiary/aromatic N) is 5. The summed E-state index contributed by atoms with van der Waals surface area (Å²) < 4.78 is 5.51. The van der Waals surface area contributed by atoms with Crippen LogP contribution in [0.25, 0.3) is 0 Å². The van der Waals surface area contributed by atoms with E-state index in [2.05, 4.69) is 30.8 Å². The molecule has 0 saturated carbocycles. The van der Waals surface area contributed by atoms with Gasteiger partial charge in [0.2, 0.25) is 0 Å². The molecular weight excluding hydrogens is 286 g/mol. The Hall–Kier alpha value is -2.81. The van der Waals surface area contributed by atoms with Crippen LogP contribution in [0.4, 0.5) is 16.3 Å². The first kappa shape index (κ1) is 15.6. The second kappa shape index (κ2) is 7.84. The molecule has 9 nitrogen and oxygen atoms in total. The van der Waals surface area contributed by atoms with Crippen LogP contribution in [-0.4, -0.2) is 58.3 Å². The van der Waals surface area contributed by atoms with E-state index in [0.717, 1.165) is 6.54 Å². The molecule has 0 aliphatic heterocycles. The SMILES string of the molecule is CN(C)CCOc1nnccc1NC(=O)Nc1cnccn1. The molecule has 116 valence electrons. The molecule has 0 unspecified atom stereocenters. The summed E-state index contributed by atoms with van der Waals surface area (Å²) in [5.74, 6) is 0.607. The van der Waals surface area contributed by atoms with Crippen LogP contribution in [0, 0.1) is 0 Å². The Labute approximate surface area is 127 Å². The third-order valence-electron chi connectivity index (χ3n) is 2.52. The largest absolute Gasteiger partial charge is 0.474 e. The Kier molecular flexibility index (Phi) is 5.55. The van der Waals surface area contributed by atoms with Gasteiger partial charge in [0.1, 0.15) is 12.3 Å². The molecular formula is C13H17N7O2. The number of rotatable bonds is 6. The number of hydrogen-bond acceptors (Lipinski definition) is 7. The highest BCUT2D eigenvalue weighted by Crippen LogP contribution is 2.19. The minimum Gasteiger partial charge on any atom is -0.474 e. The standard InChI is InChI=1S/C13H17N7O2/c1-20(2)7-8-22-12-10(3-4-16-19-12)17-13(21)18-11-9-14-5-6-15-11/h3-6,9H,7-8H2,1-2H3,(H2,15,16,17,18,21). The molecule has 9 heteroatoms. The van der Waals surface area contributed by atoms with E-state index in [1.165, 1.54) is 24.8 Å². The fraction of sp³-hybridized carbons (Fsp3) is 0.308. The Morgan fingerprint density at radius 2 is 2.14 bits per heavy atom. The summed E-state index contributed by atoms with van der Waals surface area (Å²) in [5.41, 5.74) is 0.426. The van der Waals surface area contributed by atoms with E-state index in [1.807, 2.05) is 19.0 Å². The van der Waals surface area contributed by atoms with Crippen LogP contribution in [0.5, 0.6) is 5.88 Å². The summed E-state index contributed by atoms with van der Waals surface area (Å²) in [7, 11) is 3.88. The Bertz CT molecular complexity index is 606. The van der Waals surface area contributed by atoms with Crippen molar-refractivity contribution in [1.82, 2.24) is 25.1 Å². The lowest BCUT2D eigenvalue weighted by Gasteiger charge is -2.13. The van der Waals surface area contributed by atoms with Gasteiger partial charge in [0, 0.05) is 18.9 Å². The van der Waals surface area contributed by atoms with Crippen LogP contribution < -0.4 is 15.4 Å². The quantitative estimate of drug-likeness (QED) is 0.815. The highest BCUT2D eigenvalue weighted by Gasteiger charge is 2.10. The van der Waals surface area contributed by atoms with E-state index in [1.54, 1.807) is 6.07 Å². The van der Waals surface area contributed by atoms with Gasteiger partial charge in [0.15, 0.2) is 5.82 Å². The second-order valence-electron chi connectivity index (χ2n) is 4.57. The number of hydrogen-bond donors (Lipinski definition) is 2. The summed E-state index contributed by atoms with van der Waals surface area (Å²) >= 11 is 0. The zero-order valence-electron chi connectivity index (χ0n) is 12.4. The number of urea groups is 1. The molecule has 0 fully saturated rings. The fourth-order valence-electron chi connectivity index (χ4n) is 1.48. The van der Waals surface area contributed by atoms with E-state index in [4.69, 9.17) is 4.74 Å². The van der Waals surface area contributed by atoms with Crippen molar-refractivity contribution in [3.8, 4) is 5.88 Å². The van der Waals surface area contributed by atoms with E-state index in [9.17, 15) is 4.79 Å². The van der Waals surface area contributed by atoms with Crippen molar-refractivity contribution in [2.75, 3.05) is 37.9 Å². The minimum atomic E-state index is -0.467. The third-order valence-corrected chi connectivity index (χ3v) is 2.52. The van der Waals surface area contributed by atoms with Crippen LogP contribution in [0.2, 0.25) is 0 Å². The van der Waals surface area contributed by atoms with Crippen molar-refractivity contribution in [3.05, 3.63) is 30.9 Å². The van der Waals surface area contributed by atoms with E-state index >= 15 is 0 Å². The van der Waals surface area contributed by atoms with Crippen molar-refractivity contribution in [2.24, 2.45) is 0 Å². The maximum absolute atomic E-state index is 11.9. The van der Waals surface area contributed by atoms with E-state index < -0.39 is 6.03 Å². The Morgan fingerprint density at radius 3 is 2.86 bits per heavy atom. The molecule has 2 rings (SSSR count). The van der Waals surface area contributed by atoms with Gasteiger partial charge < -0.3 is 15.0 Å². The minimum absolute atomic E-state index is 0.263. The lowest BCUT2D eigenvalue weighted by Crippen LogP contribution is -2.22. The monoisotopic (exact) mass is 303 g/mol. The summed E-state index contributed by atoms with van der Waals surface area (Å²) in [4.78, 5) is 21.7. The van der Waals surface area contributed by atoms with Crippen LogP contribution >= 0.6 is 0 Å². The molecule has 22 heavy (non-hydrogen) atoms. The predicted molar refractivity (Wildman–Crippen MR) is 80.8 cm³/mol. The number of carbonyl (C=O) groups excluding carboxylic acids is 1. The van der Waals surface area contributed by atoms with Crippen molar-refractivity contribution < 1.29 is 9.53 Å². The van der Waals surface area contributed by atoms with Gasteiger partial charge in [-0.2, -0.15) is 5.10 Å². The molecule has 0 saturated heterocycles. The average Bonchev–Trinajstić information content (AvgIpc) is 2.49. The zero-order chi connectivity index (χ0) is 15.8. The topological polar surface area (TPSA) is 105 Å². The third kappa shape index (κ3) is 4.94. The van der Waals surface area contributed by atoms with Gasteiger partial charge in [0.05, 0.1) is 12.4 Å². The number of nitrogens with one attached hydrogen (secondary N) is 2. The fourth-order valence-corrected chi connectivity index (χ4v) is 1.48. The molecule has 2 aromatic heterocycles. The Balaban J connectivity index is 1.95. The van der Waals surface area contributed by atoms with Crippen LogP contribution in [0.15, 0.2) is 30.9 Å². The van der Waals surface area contributed by atoms with Gasteiger partial charge in [0.25, 0.3) is 5.88 Å². The lowest BCUT2D eigenvalue weighted by molar-refractivity contribution is 0.251. The van der Waals surface area contributed by atoms with Gasteiger partial charge in [-0.1, -0.05) is 0 Å². The number of carbonyl (C=O) groups is 1. The van der Waals surface area contributed by atoms with Crippen molar-refractivity contribution in [2.45, 2.75) is 0 Å². The zero-order valence-corrected chi connectivity index (χ0v) is 12.4. The molecule has 0 spiro atoms. The van der Waals surface area contributed by atoms with Gasteiger partial charge in [-0.15, -0.1) is 5.10 Å². The van der Waals surface area contributed by atoms with Crippen LogP contribution in [-0.2, 0) is 0 Å². The van der Waals surface area contributed by atoms with Crippen molar-refractivity contribution >= 4 is 17.5 Å². The molecule has 0 aromatic carbocycles. The van der Waals surface area contributed by atoms with Gasteiger partial charge in [-0.25, -0.2) is 9.78 Å². The highest BCUT2D eigenvalue weighted by atomic mass is 16.5. The highest BCUT2D eigenvalue weighted by molar-refractivity contribution is 5.99. The first-order chi connectivity index (χ1) is 10.6. The number of likely N-dealkylation sites (N-methyl/N-ethyl adjacent to an activating group) is 1. The number of anilines is 2. The second-order valence-corrected chi connectivity index (χ2v) is 4.57. The number of amides is 2. The Morgan fingerprint density at radius 1 is 1.27 bits per heavy atom. The van der Waals surface area contributed by atoms with E-state index in [0.29, 0.717) is 18.1 Å². The molecule has 2 aromatic rings. The lowest BCUT2D eigenvalue weighted by atomic mass is 10.4. The van der Waals surface area contributed by atoms with Gasteiger partial charge in [-0.3, -0.25) is 10.3 Å². The maximum Gasteiger partial charge on any atom is 0.325 e. The molecule has 2 amide bonds. The van der Waals surface area contributed by atoms with Crippen molar-refractivity contribution in [3.63, 3.8) is 0 Å².